The van der Waals surface area contributed by atoms with Crippen LogP contribution in [-0.4, -0.2) is 13.7 Å². The minimum atomic E-state index is 0.144. The van der Waals surface area contributed by atoms with E-state index in [2.05, 4.69) is 56.1 Å². The molecule has 0 saturated heterocycles. The number of hydrogen-bond acceptors (Lipinski definition) is 1. The van der Waals surface area contributed by atoms with Crippen molar-refractivity contribution in [3.05, 3.63) is 68.7 Å². The van der Waals surface area contributed by atoms with Crippen LogP contribution in [0.2, 0.25) is 5.02 Å². The normalized spacial score (nSPS) is 12.4. The predicted octanol–water partition coefficient (Wildman–Crippen LogP) is 5.78. The molecule has 0 amide bonds. The molecule has 0 aliphatic heterocycles. The molecule has 2 rings (SSSR count). The smallest absolute Gasteiger partial charge is 0.0655 e. The number of benzene rings is 2. The SMILES string of the molecule is COCCc1ccc(C(Br)c2ccc(Cl)cc2Br)cc1. The van der Waals surface area contributed by atoms with E-state index in [1.165, 1.54) is 16.7 Å². The van der Waals surface area contributed by atoms with Gasteiger partial charge >= 0.3 is 0 Å². The Morgan fingerprint density at radius 1 is 1.15 bits per heavy atom. The second kappa shape index (κ2) is 7.60. The second-order valence-corrected chi connectivity index (χ2v) is 6.72. The summed E-state index contributed by atoms with van der Waals surface area (Å²) in [4.78, 5) is 0.144. The molecule has 106 valence electrons. The van der Waals surface area contributed by atoms with E-state index in [1.54, 1.807) is 7.11 Å². The summed E-state index contributed by atoms with van der Waals surface area (Å²) in [6.07, 6.45) is 0.939. The minimum absolute atomic E-state index is 0.144. The lowest BCUT2D eigenvalue weighted by Gasteiger charge is -2.13. The predicted molar refractivity (Wildman–Crippen MR) is 91.9 cm³/mol. The third-order valence-corrected chi connectivity index (χ3v) is 5.05. The Labute approximate surface area is 141 Å². The van der Waals surface area contributed by atoms with Crippen molar-refractivity contribution in [3.63, 3.8) is 0 Å². The van der Waals surface area contributed by atoms with E-state index in [9.17, 15) is 0 Å². The summed E-state index contributed by atoms with van der Waals surface area (Å²) in [6, 6.07) is 14.4. The molecule has 1 atom stereocenters. The monoisotopic (exact) mass is 416 g/mol. The van der Waals surface area contributed by atoms with Crippen molar-refractivity contribution in [3.8, 4) is 0 Å². The first-order valence-electron chi connectivity index (χ1n) is 6.28. The van der Waals surface area contributed by atoms with Crippen LogP contribution in [0.15, 0.2) is 46.9 Å². The summed E-state index contributed by atoms with van der Waals surface area (Å²) in [5.74, 6) is 0. The fourth-order valence-corrected chi connectivity index (χ4v) is 3.88. The lowest BCUT2D eigenvalue weighted by atomic mass is 10.0. The van der Waals surface area contributed by atoms with Gasteiger partial charge in [-0.2, -0.15) is 0 Å². The highest BCUT2D eigenvalue weighted by Crippen LogP contribution is 2.36. The summed E-state index contributed by atoms with van der Waals surface area (Å²) in [6.45, 7) is 0.750. The maximum atomic E-state index is 5.98. The van der Waals surface area contributed by atoms with E-state index in [1.807, 2.05) is 18.2 Å². The van der Waals surface area contributed by atoms with Gasteiger partial charge in [0, 0.05) is 16.6 Å². The number of alkyl halides is 1. The van der Waals surface area contributed by atoms with Crippen LogP contribution in [0.1, 0.15) is 21.5 Å². The minimum Gasteiger partial charge on any atom is -0.384 e. The highest BCUT2D eigenvalue weighted by molar-refractivity contribution is 9.11. The van der Waals surface area contributed by atoms with Crippen molar-refractivity contribution in [2.75, 3.05) is 13.7 Å². The molecule has 0 aliphatic rings. The number of ether oxygens (including phenoxy) is 1. The van der Waals surface area contributed by atoms with E-state index in [0.717, 1.165) is 22.5 Å². The third kappa shape index (κ3) is 4.08. The summed E-state index contributed by atoms with van der Waals surface area (Å²) < 4.78 is 6.10. The van der Waals surface area contributed by atoms with Crippen molar-refractivity contribution in [1.29, 1.82) is 0 Å². The molecule has 2 aromatic rings. The Hall–Kier alpha value is -0.350. The van der Waals surface area contributed by atoms with Gasteiger partial charge in [0.15, 0.2) is 0 Å². The van der Waals surface area contributed by atoms with Gasteiger partial charge in [0.1, 0.15) is 0 Å². The lowest BCUT2D eigenvalue weighted by Crippen LogP contribution is -1.97. The van der Waals surface area contributed by atoms with Gasteiger partial charge in [-0.15, -0.1) is 0 Å². The van der Waals surface area contributed by atoms with Gasteiger partial charge in [-0.3, -0.25) is 0 Å². The molecule has 0 aliphatic carbocycles. The van der Waals surface area contributed by atoms with Gasteiger partial charge in [0.2, 0.25) is 0 Å². The molecule has 20 heavy (non-hydrogen) atoms. The molecular weight excluding hydrogens is 403 g/mol. The van der Waals surface area contributed by atoms with E-state index < -0.39 is 0 Å². The Balaban J connectivity index is 2.18. The van der Waals surface area contributed by atoms with Gasteiger partial charge in [0.05, 0.1) is 11.4 Å². The van der Waals surface area contributed by atoms with Crippen molar-refractivity contribution < 1.29 is 4.74 Å². The zero-order valence-corrected chi connectivity index (χ0v) is 15.0. The topological polar surface area (TPSA) is 9.23 Å². The number of halogens is 3. The maximum Gasteiger partial charge on any atom is 0.0655 e. The molecule has 0 spiro atoms. The van der Waals surface area contributed by atoms with Crippen LogP contribution in [0.4, 0.5) is 0 Å². The number of rotatable bonds is 5. The molecule has 0 aromatic heterocycles. The van der Waals surface area contributed by atoms with E-state index in [-0.39, 0.29) is 4.83 Å². The Kier molecular flexibility index (Phi) is 6.09. The maximum absolute atomic E-state index is 5.98. The first kappa shape index (κ1) is 16.0. The first-order valence-corrected chi connectivity index (χ1v) is 8.37. The molecule has 4 heteroatoms. The molecular formula is C16H15Br2ClO. The van der Waals surface area contributed by atoms with Crippen LogP contribution in [0.3, 0.4) is 0 Å². The van der Waals surface area contributed by atoms with Gasteiger partial charge in [-0.05, 0) is 35.2 Å². The lowest BCUT2D eigenvalue weighted by molar-refractivity contribution is 0.202. The van der Waals surface area contributed by atoms with Gasteiger partial charge in [-0.25, -0.2) is 0 Å². The van der Waals surface area contributed by atoms with Crippen LogP contribution < -0.4 is 0 Å². The highest BCUT2D eigenvalue weighted by Gasteiger charge is 2.13. The van der Waals surface area contributed by atoms with Crippen LogP contribution in [-0.2, 0) is 11.2 Å². The Bertz CT molecular complexity index is 569. The fourth-order valence-electron chi connectivity index (χ4n) is 1.96. The standard InChI is InChI=1S/C16H15Br2ClO/c1-20-9-8-11-2-4-12(5-3-11)16(18)14-7-6-13(19)10-15(14)17/h2-7,10,16H,8-9H2,1H3. The molecule has 1 unspecified atom stereocenters. The molecule has 2 aromatic carbocycles. The molecule has 0 saturated carbocycles. The average molecular weight is 419 g/mol. The zero-order chi connectivity index (χ0) is 14.5. The quantitative estimate of drug-likeness (QED) is 0.560. The molecule has 0 bridgehead atoms. The summed E-state index contributed by atoms with van der Waals surface area (Å²) in [5.41, 5.74) is 3.67. The van der Waals surface area contributed by atoms with E-state index in [0.29, 0.717) is 0 Å². The first-order chi connectivity index (χ1) is 9.61. The van der Waals surface area contributed by atoms with Crippen LogP contribution in [0.5, 0.6) is 0 Å². The average Bonchev–Trinajstić information content (AvgIpc) is 2.45. The van der Waals surface area contributed by atoms with E-state index in [4.69, 9.17) is 16.3 Å². The van der Waals surface area contributed by atoms with Crippen molar-refractivity contribution in [1.82, 2.24) is 0 Å². The molecule has 0 fully saturated rings. The van der Waals surface area contributed by atoms with Gasteiger partial charge in [-0.1, -0.05) is 73.8 Å². The Morgan fingerprint density at radius 3 is 2.45 bits per heavy atom. The number of hydrogen-bond donors (Lipinski definition) is 0. The fraction of sp³-hybridized carbons (Fsp3) is 0.250. The molecule has 0 heterocycles. The highest BCUT2D eigenvalue weighted by atomic mass is 79.9. The van der Waals surface area contributed by atoms with Crippen molar-refractivity contribution in [2.24, 2.45) is 0 Å². The summed E-state index contributed by atoms with van der Waals surface area (Å²) >= 11 is 13.3. The van der Waals surface area contributed by atoms with Gasteiger partial charge in [0.25, 0.3) is 0 Å². The Morgan fingerprint density at radius 2 is 1.85 bits per heavy atom. The summed E-state index contributed by atoms with van der Waals surface area (Å²) in [7, 11) is 1.72. The van der Waals surface area contributed by atoms with Crippen molar-refractivity contribution in [2.45, 2.75) is 11.2 Å². The van der Waals surface area contributed by atoms with E-state index >= 15 is 0 Å². The van der Waals surface area contributed by atoms with Crippen LogP contribution >= 0.6 is 43.5 Å². The van der Waals surface area contributed by atoms with Crippen molar-refractivity contribution >= 4 is 43.5 Å². The van der Waals surface area contributed by atoms with Crippen LogP contribution in [0.25, 0.3) is 0 Å². The molecule has 1 nitrogen and oxygen atoms in total. The summed E-state index contributed by atoms with van der Waals surface area (Å²) in [5, 5.41) is 0.732. The zero-order valence-electron chi connectivity index (χ0n) is 11.1. The van der Waals surface area contributed by atoms with Gasteiger partial charge < -0.3 is 4.74 Å². The third-order valence-electron chi connectivity index (χ3n) is 3.10. The second-order valence-electron chi connectivity index (χ2n) is 4.51. The van der Waals surface area contributed by atoms with Crippen LogP contribution in [0, 0.1) is 0 Å². The number of methoxy groups -OCH3 is 1. The largest absolute Gasteiger partial charge is 0.384 e. The molecule has 0 N–H and O–H groups in total. The molecule has 0 radical (unpaired) electrons.